The van der Waals surface area contributed by atoms with Gasteiger partial charge in [-0.1, -0.05) is 41.9 Å². The molecule has 0 saturated carbocycles. The Balaban J connectivity index is 1.79. The Labute approximate surface area is 232 Å². The highest BCUT2D eigenvalue weighted by molar-refractivity contribution is 6.31. The molecule has 0 fully saturated rings. The van der Waals surface area contributed by atoms with Crippen LogP contribution >= 0.6 is 11.6 Å². The van der Waals surface area contributed by atoms with E-state index in [0.717, 1.165) is 16.3 Å². The fourth-order valence-electron chi connectivity index (χ4n) is 4.12. The number of carbonyl (C=O) groups excluding carboxylic acids is 2. The van der Waals surface area contributed by atoms with Gasteiger partial charge in [0.2, 0.25) is 11.8 Å². The van der Waals surface area contributed by atoms with Crippen LogP contribution in [0.2, 0.25) is 5.02 Å². The molecular weight excluding hydrogens is 541 g/mol. The molecule has 1 amide bonds. The standard InChI is InChI=1S/C29H23ClFN3O6/c1-40-28-23(22-14-19(30)9-12-21(22)25(35)16-31)15-26(36)34(33-28)24(13-17-5-3-2-4-6-17)27(37)32-20-10-7-18(8-11-20)29(38)39/h2-12,14-15,24H,13,16H2,1H3,(H,32,37)(H,38,39). The molecule has 1 aromatic heterocycles. The number of aromatic nitrogens is 2. The number of ketones is 1. The van der Waals surface area contributed by atoms with E-state index in [9.17, 15) is 23.6 Å². The van der Waals surface area contributed by atoms with Crippen molar-refractivity contribution < 1.29 is 28.6 Å². The Hall–Kier alpha value is -4.83. The van der Waals surface area contributed by atoms with Gasteiger partial charge in [0.15, 0.2) is 12.5 Å². The van der Waals surface area contributed by atoms with E-state index in [1.165, 1.54) is 49.6 Å². The predicted octanol–water partition coefficient (Wildman–Crippen LogP) is 4.85. The minimum atomic E-state index is -1.26. The van der Waals surface area contributed by atoms with Gasteiger partial charge in [-0.2, -0.15) is 0 Å². The molecule has 1 atom stereocenters. The summed E-state index contributed by atoms with van der Waals surface area (Å²) in [7, 11) is 1.30. The number of Topliss-reactive ketones (excluding diaryl/α,β-unsaturated/α-hetero) is 1. The number of carbonyl (C=O) groups is 3. The molecular formula is C29H23ClFN3O6. The molecule has 3 aromatic carbocycles. The number of rotatable bonds is 10. The van der Waals surface area contributed by atoms with Gasteiger partial charge in [-0.25, -0.2) is 13.9 Å². The number of methoxy groups -OCH3 is 1. The number of halogens is 2. The highest BCUT2D eigenvalue weighted by Gasteiger charge is 2.27. The SMILES string of the molecule is COc1nn(C(Cc2ccccc2)C(=O)Nc2ccc(C(=O)O)cc2)c(=O)cc1-c1cc(Cl)ccc1C(=O)CF. The summed E-state index contributed by atoms with van der Waals surface area (Å²) in [6.45, 7) is -1.26. The molecule has 40 heavy (non-hydrogen) atoms. The maximum atomic E-state index is 13.5. The first-order chi connectivity index (χ1) is 19.2. The van der Waals surface area contributed by atoms with E-state index in [1.54, 1.807) is 24.3 Å². The zero-order valence-corrected chi connectivity index (χ0v) is 21.9. The topological polar surface area (TPSA) is 128 Å². The number of anilines is 1. The van der Waals surface area contributed by atoms with Crippen molar-refractivity contribution in [2.75, 3.05) is 19.1 Å². The van der Waals surface area contributed by atoms with Gasteiger partial charge in [-0.05, 0) is 53.6 Å². The molecule has 0 aliphatic rings. The van der Waals surface area contributed by atoms with E-state index >= 15 is 0 Å². The molecule has 0 aliphatic carbocycles. The normalized spacial score (nSPS) is 11.5. The van der Waals surface area contributed by atoms with Crippen molar-refractivity contribution in [2.45, 2.75) is 12.5 Å². The lowest BCUT2D eigenvalue weighted by Crippen LogP contribution is -2.36. The summed E-state index contributed by atoms with van der Waals surface area (Å²) in [5.41, 5.74) is 0.671. The largest absolute Gasteiger partial charge is 0.480 e. The van der Waals surface area contributed by atoms with E-state index in [0.29, 0.717) is 5.69 Å². The summed E-state index contributed by atoms with van der Waals surface area (Å²) in [6.07, 6.45) is 0.0814. The van der Waals surface area contributed by atoms with Crippen molar-refractivity contribution in [3.8, 4) is 17.0 Å². The smallest absolute Gasteiger partial charge is 0.335 e. The van der Waals surface area contributed by atoms with Crippen LogP contribution in [0.3, 0.4) is 0 Å². The number of carboxylic acid groups (broad SMARTS) is 1. The number of hydrogen-bond donors (Lipinski definition) is 2. The molecule has 204 valence electrons. The third-order valence-electron chi connectivity index (χ3n) is 6.08. The summed E-state index contributed by atoms with van der Waals surface area (Å²) >= 11 is 6.13. The summed E-state index contributed by atoms with van der Waals surface area (Å²) in [6, 6.07) is 18.7. The van der Waals surface area contributed by atoms with Gasteiger partial charge < -0.3 is 15.2 Å². The van der Waals surface area contributed by atoms with Crippen LogP contribution < -0.4 is 15.6 Å². The van der Waals surface area contributed by atoms with Crippen LogP contribution in [0.15, 0.2) is 83.7 Å². The van der Waals surface area contributed by atoms with Crippen LogP contribution in [0.1, 0.15) is 32.3 Å². The quantitative estimate of drug-likeness (QED) is 0.264. The fourth-order valence-corrected chi connectivity index (χ4v) is 4.30. The Kier molecular flexibility index (Phi) is 8.70. The molecule has 0 saturated heterocycles. The lowest BCUT2D eigenvalue weighted by Gasteiger charge is -2.20. The fraction of sp³-hybridized carbons (Fsp3) is 0.138. The second kappa shape index (κ2) is 12.4. The highest BCUT2D eigenvalue weighted by Crippen LogP contribution is 2.33. The Morgan fingerprint density at radius 2 is 1.73 bits per heavy atom. The first kappa shape index (κ1) is 28.2. The van der Waals surface area contributed by atoms with Gasteiger partial charge in [-0.15, -0.1) is 5.10 Å². The molecule has 11 heteroatoms. The average molecular weight is 564 g/mol. The summed E-state index contributed by atoms with van der Waals surface area (Å²) in [5.74, 6) is -2.61. The van der Waals surface area contributed by atoms with Crippen LogP contribution in [-0.4, -0.2) is 46.3 Å². The Morgan fingerprint density at radius 1 is 1.02 bits per heavy atom. The van der Waals surface area contributed by atoms with E-state index in [2.05, 4.69) is 10.4 Å². The van der Waals surface area contributed by atoms with Gasteiger partial charge >= 0.3 is 5.97 Å². The van der Waals surface area contributed by atoms with E-state index in [-0.39, 0.29) is 39.6 Å². The maximum Gasteiger partial charge on any atom is 0.335 e. The van der Waals surface area contributed by atoms with Crippen molar-refractivity contribution in [2.24, 2.45) is 0 Å². The number of amides is 1. The average Bonchev–Trinajstić information content (AvgIpc) is 2.96. The molecule has 0 radical (unpaired) electrons. The summed E-state index contributed by atoms with van der Waals surface area (Å²) < 4.78 is 19.7. The van der Waals surface area contributed by atoms with Crippen LogP contribution in [0, 0.1) is 0 Å². The number of benzene rings is 3. The first-order valence-electron chi connectivity index (χ1n) is 12.0. The van der Waals surface area contributed by atoms with Crippen molar-refractivity contribution >= 4 is 34.9 Å². The highest BCUT2D eigenvalue weighted by atomic mass is 35.5. The number of carboxylic acids is 1. The van der Waals surface area contributed by atoms with Crippen molar-refractivity contribution in [1.82, 2.24) is 9.78 Å². The van der Waals surface area contributed by atoms with Crippen LogP contribution in [-0.2, 0) is 11.2 Å². The molecule has 0 spiro atoms. The lowest BCUT2D eigenvalue weighted by atomic mass is 9.98. The number of alkyl halides is 1. The Morgan fingerprint density at radius 3 is 2.35 bits per heavy atom. The first-order valence-corrected chi connectivity index (χ1v) is 12.3. The van der Waals surface area contributed by atoms with Crippen LogP contribution in [0.5, 0.6) is 5.88 Å². The number of hydrogen-bond acceptors (Lipinski definition) is 6. The van der Waals surface area contributed by atoms with Crippen molar-refractivity contribution in [3.05, 3.63) is 111 Å². The number of nitrogens with one attached hydrogen (secondary N) is 1. The maximum absolute atomic E-state index is 13.5. The molecule has 1 heterocycles. The molecule has 9 nitrogen and oxygen atoms in total. The molecule has 0 aliphatic heterocycles. The van der Waals surface area contributed by atoms with Gasteiger partial charge in [0.05, 0.1) is 18.2 Å². The predicted molar refractivity (Wildman–Crippen MR) is 147 cm³/mol. The molecule has 1 unspecified atom stereocenters. The van der Waals surface area contributed by atoms with Crippen molar-refractivity contribution in [1.29, 1.82) is 0 Å². The zero-order chi connectivity index (χ0) is 28.8. The minimum Gasteiger partial charge on any atom is -0.480 e. The number of nitrogens with zero attached hydrogens (tertiary/aromatic N) is 2. The van der Waals surface area contributed by atoms with E-state index in [1.807, 2.05) is 6.07 Å². The number of aromatic carboxylic acids is 1. The lowest BCUT2D eigenvalue weighted by molar-refractivity contribution is -0.119. The van der Waals surface area contributed by atoms with E-state index < -0.39 is 35.9 Å². The van der Waals surface area contributed by atoms with Gasteiger partial charge in [0, 0.05) is 28.8 Å². The van der Waals surface area contributed by atoms with Gasteiger partial charge in [0.25, 0.3) is 5.56 Å². The van der Waals surface area contributed by atoms with E-state index in [4.69, 9.17) is 21.4 Å². The molecule has 2 N–H and O–H groups in total. The molecule has 0 bridgehead atoms. The summed E-state index contributed by atoms with van der Waals surface area (Å²) in [4.78, 5) is 50.3. The summed E-state index contributed by atoms with van der Waals surface area (Å²) in [5, 5.41) is 16.4. The zero-order valence-electron chi connectivity index (χ0n) is 21.1. The molecule has 4 rings (SSSR count). The van der Waals surface area contributed by atoms with Crippen LogP contribution in [0.4, 0.5) is 10.1 Å². The van der Waals surface area contributed by atoms with Gasteiger partial charge in [0.1, 0.15) is 6.04 Å². The third kappa shape index (κ3) is 6.24. The number of ether oxygens (including phenoxy) is 1. The second-order valence-corrected chi connectivity index (χ2v) is 9.11. The van der Waals surface area contributed by atoms with Crippen LogP contribution in [0.25, 0.3) is 11.1 Å². The van der Waals surface area contributed by atoms with Crippen molar-refractivity contribution in [3.63, 3.8) is 0 Å². The van der Waals surface area contributed by atoms with Gasteiger partial charge in [-0.3, -0.25) is 14.4 Å². The molecule has 4 aromatic rings. The Bertz CT molecular complexity index is 1620. The second-order valence-electron chi connectivity index (χ2n) is 8.67. The third-order valence-corrected chi connectivity index (χ3v) is 6.31. The minimum absolute atomic E-state index is 0.00691. The monoisotopic (exact) mass is 563 g/mol.